The Morgan fingerprint density at radius 2 is 1.59 bits per heavy atom. The van der Waals surface area contributed by atoms with E-state index in [0.717, 1.165) is 16.7 Å². The van der Waals surface area contributed by atoms with Gasteiger partial charge < -0.3 is 5.21 Å². The van der Waals surface area contributed by atoms with Crippen LogP contribution in [0.15, 0.2) is 82.4 Å². The highest BCUT2D eigenvalue weighted by Crippen LogP contribution is 2.20. The van der Waals surface area contributed by atoms with E-state index in [9.17, 15) is 5.21 Å². The van der Waals surface area contributed by atoms with Crippen LogP contribution in [0, 0.1) is 0 Å². The van der Waals surface area contributed by atoms with E-state index in [2.05, 4.69) is 22.1 Å². The normalized spacial score (nSPS) is 11.6. The molecule has 0 radical (unpaired) electrons. The van der Waals surface area contributed by atoms with Crippen molar-refractivity contribution in [2.45, 2.75) is 6.92 Å². The number of nitrogens with zero attached hydrogens (tertiary/aromatic N) is 4. The van der Waals surface area contributed by atoms with Crippen molar-refractivity contribution in [3.8, 4) is 11.1 Å². The third kappa shape index (κ3) is 3.38. The van der Waals surface area contributed by atoms with Gasteiger partial charge in [0, 0.05) is 11.3 Å². The summed E-state index contributed by atoms with van der Waals surface area (Å²) in [5.41, 5.74) is 3.53. The third-order valence-electron chi connectivity index (χ3n) is 3.09. The van der Waals surface area contributed by atoms with E-state index in [0.29, 0.717) is 5.70 Å². The molecule has 2 aromatic carbocycles. The summed E-state index contributed by atoms with van der Waals surface area (Å²) in [6.07, 6.45) is 0. The Hall–Kier alpha value is -2.95. The standard InChI is InChI=1S/C17H18N4O/c1-13(2)21(20-18-3)17(19-22)16-11-9-15(10-12-16)14-7-5-4-6-8-14/h4-12,22H,1H2,2-3H3/b19-17-,20-18?. The van der Waals surface area contributed by atoms with E-state index < -0.39 is 0 Å². The minimum Gasteiger partial charge on any atom is -0.409 e. The van der Waals surface area contributed by atoms with Crippen LogP contribution in [0.2, 0.25) is 0 Å². The van der Waals surface area contributed by atoms with Gasteiger partial charge in [-0.25, -0.2) is 0 Å². The summed E-state index contributed by atoms with van der Waals surface area (Å²) in [5.74, 6) is 0.276. The third-order valence-corrected chi connectivity index (χ3v) is 3.09. The van der Waals surface area contributed by atoms with Crippen molar-refractivity contribution >= 4 is 5.84 Å². The largest absolute Gasteiger partial charge is 0.409 e. The summed E-state index contributed by atoms with van der Waals surface area (Å²) in [4.78, 5) is 0. The predicted molar refractivity (Wildman–Crippen MR) is 87.6 cm³/mol. The fraction of sp³-hybridized carbons (Fsp3) is 0.118. The first-order valence-electron chi connectivity index (χ1n) is 6.80. The van der Waals surface area contributed by atoms with Gasteiger partial charge in [-0.1, -0.05) is 71.6 Å². The maximum atomic E-state index is 9.32. The van der Waals surface area contributed by atoms with Crippen LogP contribution in [0.4, 0.5) is 0 Å². The van der Waals surface area contributed by atoms with Crippen LogP contribution in [0.1, 0.15) is 12.5 Å². The molecule has 5 heteroatoms. The first-order valence-corrected chi connectivity index (χ1v) is 6.80. The molecule has 0 aromatic heterocycles. The molecule has 2 rings (SSSR count). The predicted octanol–water partition coefficient (Wildman–Crippen LogP) is 4.32. The number of hydrogen-bond acceptors (Lipinski definition) is 4. The molecule has 0 atom stereocenters. The van der Waals surface area contributed by atoms with Gasteiger partial charge in [-0.05, 0) is 18.1 Å². The molecule has 0 unspecified atom stereocenters. The zero-order chi connectivity index (χ0) is 15.9. The molecule has 0 bridgehead atoms. The van der Waals surface area contributed by atoms with Gasteiger partial charge in [0.1, 0.15) is 0 Å². The lowest BCUT2D eigenvalue weighted by Crippen LogP contribution is -2.24. The molecule has 2 aromatic rings. The average molecular weight is 294 g/mol. The van der Waals surface area contributed by atoms with Gasteiger partial charge in [-0.2, -0.15) is 10.1 Å². The second-order valence-corrected chi connectivity index (χ2v) is 4.70. The minimum atomic E-state index is 0.276. The van der Waals surface area contributed by atoms with Gasteiger partial charge in [0.05, 0.1) is 7.05 Å². The Kier molecular flexibility index (Phi) is 5.03. The Labute approximate surface area is 129 Å². The van der Waals surface area contributed by atoms with Crippen molar-refractivity contribution < 1.29 is 5.21 Å². The molecule has 0 saturated carbocycles. The molecule has 0 aliphatic rings. The quantitative estimate of drug-likeness (QED) is 0.300. The van der Waals surface area contributed by atoms with Gasteiger partial charge >= 0.3 is 0 Å². The zero-order valence-corrected chi connectivity index (χ0v) is 12.6. The van der Waals surface area contributed by atoms with Crippen molar-refractivity contribution in [2.24, 2.45) is 15.5 Å². The van der Waals surface area contributed by atoms with Gasteiger partial charge in [-0.15, -0.1) is 0 Å². The summed E-state index contributed by atoms with van der Waals surface area (Å²) in [6, 6.07) is 17.7. The van der Waals surface area contributed by atoms with Gasteiger partial charge in [0.25, 0.3) is 0 Å². The van der Waals surface area contributed by atoms with Gasteiger partial charge in [0.15, 0.2) is 0 Å². The summed E-state index contributed by atoms with van der Waals surface area (Å²) in [5, 5.41) is 21.7. The minimum absolute atomic E-state index is 0.276. The molecule has 0 spiro atoms. The van der Waals surface area contributed by atoms with Gasteiger partial charge in [-0.3, -0.25) is 0 Å². The van der Waals surface area contributed by atoms with Crippen molar-refractivity contribution in [2.75, 3.05) is 7.05 Å². The molecule has 0 fully saturated rings. The molecule has 0 saturated heterocycles. The van der Waals surface area contributed by atoms with Crippen LogP contribution >= 0.6 is 0 Å². The fourth-order valence-electron chi connectivity index (χ4n) is 2.05. The molecule has 0 heterocycles. The lowest BCUT2D eigenvalue weighted by atomic mass is 10.0. The van der Waals surface area contributed by atoms with Crippen LogP contribution in [0.3, 0.4) is 0 Å². The highest BCUT2D eigenvalue weighted by atomic mass is 16.4. The van der Waals surface area contributed by atoms with Crippen LogP contribution in [-0.2, 0) is 0 Å². The molecular weight excluding hydrogens is 276 g/mol. The number of benzene rings is 2. The van der Waals surface area contributed by atoms with Crippen LogP contribution in [-0.4, -0.2) is 23.1 Å². The summed E-state index contributed by atoms with van der Waals surface area (Å²) in [7, 11) is 1.55. The number of amidine groups is 1. The van der Waals surface area contributed by atoms with E-state index in [1.165, 1.54) is 5.01 Å². The topological polar surface area (TPSA) is 60.5 Å². The van der Waals surface area contributed by atoms with Crippen molar-refractivity contribution in [3.05, 3.63) is 72.4 Å². The second kappa shape index (κ2) is 7.17. The van der Waals surface area contributed by atoms with Crippen LogP contribution in [0.25, 0.3) is 11.1 Å². The van der Waals surface area contributed by atoms with Crippen molar-refractivity contribution in [1.29, 1.82) is 0 Å². The fourth-order valence-corrected chi connectivity index (χ4v) is 2.05. The Balaban J connectivity index is 2.34. The average Bonchev–Trinajstić information content (AvgIpc) is 2.56. The van der Waals surface area contributed by atoms with Crippen LogP contribution < -0.4 is 0 Å². The van der Waals surface area contributed by atoms with E-state index in [4.69, 9.17) is 0 Å². The van der Waals surface area contributed by atoms with E-state index >= 15 is 0 Å². The molecule has 22 heavy (non-hydrogen) atoms. The smallest absolute Gasteiger partial charge is 0.201 e. The van der Waals surface area contributed by atoms with E-state index in [1.807, 2.05) is 54.6 Å². The highest BCUT2D eigenvalue weighted by molar-refractivity contribution is 5.99. The van der Waals surface area contributed by atoms with Gasteiger partial charge in [0.2, 0.25) is 5.84 Å². The number of rotatable bonds is 4. The number of allylic oxidation sites excluding steroid dienone is 1. The van der Waals surface area contributed by atoms with E-state index in [-0.39, 0.29) is 5.84 Å². The monoisotopic (exact) mass is 294 g/mol. The summed E-state index contributed by atoms with van der Waals surface area (Å²) >= 11 is 0. The summed E-state index contributed by atoms with van der Waals surface area (Å²) in [6.45, 7) is 5.58. The molecule has 1 N–H and O–H groups in total. The first-order chi connectivity index (χ1) is 10.7. The molecule has 0 aliphatic carbocycles. The SMILES string of the molecule is C=C(C)N(N=NC)/C(=N\O)c1ccc(-c2ccccc2)cc1. The lowest BCUT2D eigenvalue weighted by molar-refractivity contribution is 0.307. The Morgan fingerprint density at radius 3 is 2.09 bits per heavy atom. The Bertz CT molecular complexity index is 690. The number of hydrogen-bond donors (Lipinski definition) is 1. The Morgan fingerprint density at radius 1 is 1.00 bits per heavy atom. The maximum Gasteiger partial charge on any atom is 0.201 e. The molecular formula is C17H18N4O. The second-order valence-electron chi connectivity index (χ2n) is 4.70. The summed E-state index contributed by atoms with van der Waals surface area (Å²) < 4.78 is 0. The highest BCUT2D eigenvalue weighted by Gasteiger charge is 2.15. The number of oxime groups is 1. The molecule has 112 valence electrons. The maximum absolute atomic E-state index is 9.32. The molecule has 5 nitrogen and oxygen atoms in total. The van der Waals surface area contributed by atoms with E-state index in [1.54, 1.807) is 14.0 Å². The van der Waals surface area contributed by atoms with Crippen LogP contribution in [0.5, 0.6) is 0 Å². The molecule has 0 amide bonds. The zero-order valence-electron chi connectivity index (χ0n) is 12.6. The van der Waals surface area contributed by atoms with Crippen molar-refractivity contribution in [3.63, 3.8) is 0 Å². The molecule has 0 aliphatic heterocycles. The first kappa shape index (κ1) is 15.4. The van der Waals surface area contributed by atoms with Crippen molar-refractivity contribution in [1.82, 2.24) is 5.01 Å². The lowest BCUT2D eigenvalue weighted by Gasteiger charge is -2.18.